The Balaban J connectivity index is 2.23. The molecule has 1 atom stereocenters. The standard InChI is InChI=1S/C17H23FO2/c1-3-20-17(13-7-5-4-6-8-13)16(19)15-11-14(18)10-9-12(15)2/h9-11,13,17H,3-8H2,1-2H3. The average molecular weight is 278 g/mol. The lowest BCUT2D eigenvalue weighted by Gasteiger charge is -2.29. The summed E-state index contributed by atoms with van der Waals surface area (Å²) in [4.78, 5) is 12.7. The Morgan fingerprint density at radius 3 is 2.70 bits per heavy atom. The smallest absolute Gasteiger partial charge is 0.192 e. The zero-order valence-corrected chi connectivity index (χ0v) is 12.3. The van der Waals surface area contributed by atoms with Gasteiger partial charge in [-0.25, -0.2) is 4.39 Å². The maximum absolute atomic E-state index is 13.4. The molecule has 0 bridgehead atoms. The van der Waals surface area contributed by atoms with Crippen molar-refractivity contribution < 1.29 is 13.9 Å². The van der Waals surface area contributed by atoms with Gasteiger partial charge >= 0.3 is 0 Å². The van der Waals surface area contributed by atoms with Crippen molar-refractivity contribution >= 4 is 5.78 Å². The Bertz CT molecular complexity index is 464. The van der Waals surface area contributed by atoms with Gasteiger partial charge in [0.25, 0.3) is 0 Å². The van der Waals surface area contributed by atoms with Crippen LogP contribution in [0.5, 0.6) is 0 Å². The predicted molar refractivity (Wildman–Crippen MR) is 77.5 cm³/mol. The van der Waals surface area contributed by atoms with E-state index in [0.29, 0.717) is 12.2 Å². The average Bonchev–Trinajstić information content (AvgIpc) is 2.47. The summed E-state index contributed by atoms with van der Waals surface area (Å²) in [6.45, 7) is 4.26. The second-order valence-corrected chi connectivity index (χ2v) is 5.60. The maximum atomic E-state index is 13.4. The van der Waals surface area contributed by atoms with E-state index in [1.807, 2.05) is 13.8 Å². The summed E-state index contributed by atoms with van der Waals surface area (Å²) in [6, 6.07) is 4.39. The monoisotopic (exact) mass is 278 g/mol. The molecule has 20 heavy (non-hydrogen) atoms. The van der Waals surface area contributed by atoms with Crippen LogP contribution in [0.1, 0.15) is 54.9 Å². The fourth-order valence-corrected chi connectivity index (χ4v) is 3.06. The zero-order valence-electron chi connectivity index (χ0n) is 12.3. The highest BCUT2D eigenvalue weighted by Crippen LogP contribution is 2.30. The zero-order chi connectivity index (χ0) is 14.5. The van der Waals surface area contributed by atoms with Crippen LogP contribution in [-0.2, 0) is 4.74 Å². The Kier molecular flexibility index (Phi) is 5.30. The molecule has 0 spiro atoms. The van der Waals surface area contributed by atoms with Crippen LogP contribution in [0.2, 0.25) is 0 Å². The van der Waals surface area contributed by atoms with E-state index in [1.54, 1.807) is 6.07 Å². The molecule has 110 valence electrons. The Morgan fingerprint density at radius 1 is 1.35 bits per heavy atom. The van der Waals surface area contributed by atoms with Gasteiger partial charge in [0, 0.05) is 12.2 Å². The minimum Gasteiger partial charge on any atom is -0.370 e. The van der Waals surface area contributed by atoms with Crippen molar-refractivity contribution in [1.82, 2.24) is 0 Å². The van der Waals surface area contributed by atoms with Crippen molar-refractivity contribution in [2.45, 2.75) is 52.1 Å². The van der Waals surface area contributed by atoms with Gasteiger partial charge in [-0.05, 0) is 50.3 Å². The number of ether oxygens (including phenoxy) is 1. The lowest BCUT2D eigenvalue weighted by atomic mass is 9.82. The minimum atomic E-state index is -0.416. The topological polar surface area (TPSA) is 26.3 Å². The predicted octanol–water partition coefficient (Wildman–Crippen LogP) is 4.30. The van der Waals surface area contributed by atoms with Crippen molar-refractivity contribution in [2.75, 3.05) is 6.61 Å². The Labute approximate surface area is 120 Å². The van der Waals surface area contributed by atoms with Crippen molar-refractivity contribution in [3.63, 3.8) is 0 Å². The summed E-state index contributed by atoms with van der Waals surface area (Å²) in [7, 11) is 0. The molecule has 1 aromatic rings. The summed E-state index contributed by atoms with van der Waals surface area (Å²) >= 11 is 0. The van der Waals surface area contributed by atoms with E-state index in [9.17, 15) is 9.18 Å². The second kappa shape index (κ2) is 6.98. The van der Waals surface area contributed by atoms with E-state index in [-0.39, 0.29) is 17.5 Å². The Morgan fingerprint density at radius 2 is 2.05 bits per heavy atom. The molecule has 0 N–H and O–H groups in total. The van der Waals surface area contributed by atoms with Gasteiger partial charge in [0.05, 0.1) is 0 Å². The van der Waals surface area contributed by atoms with Crippen LogP contribution in [0, 0.1) is 18.7 Å². The quantitative estimate of drug-likeness (QED) is 0.750. The molecule has 1 aliphatic carbocycles. The lowest BCUT2D eigenvalue weighted by molar-refractivity contribution is 0.0126. The van der Waals surface area contributed by atoms with Crippen LogP contribution in [0.15, 0.2) is 18.2 Å². The highest BCUT2D eigenvalue weighted by Gasteiger charge is 2.31. The summed E-state index contributed by atoms with van der Waals surface area (Å²) in [6.07, 6.45) is 5.20. The molecule has 1 saturated carbocycles. The molecule has 1 aromatic carbocycles. The van der Waals surface area contributed by atoms with E-state index in [4.69, 9.17) is 4.74 Å². The van der Waals surface area contributed by atoms with Crippen molar-refractivity contribution in [3.05, 3.63) is 35.1 Å². The molecular weight excluding hydrogens is 255 g/mol. The van der Waals surface area contributed by atoms with Gasteiger partial charge in [-0.15, -0.1) is 0 Å². The number of ketones is 1. The molecular formula is C17H23FO2. The number of Topliss-reactive ketones (excluding diaryl/α,β-unsaturated/α-hetero) is 1. The van der Waals surface area contributed by atoms with Gasteiger partial charge in [0.15, 0.2) is 5.78 Å². The number of hydrogen-bond donors (Lipinski definition) is 0. The van der Waals surface area contributed by atoms with Crippen LogP contribution in [0.3, 0.4) is 0 Å². The molecule has 0 aromatic heterocycles. The first kappa shape index (κ1) is 15.2. The number of rotatable bonds is 5. The van der Waals surface area contributed by atoms with Gasteiger partial charge in [-0.1, -0.05) is 25.3 Å². The lowest BCUT2D eigenvalue weighted by Crippen LogP contribution is -2.34. The van der Waals surface area contributed by atoms with Crippen LogP contribution in [0.4, 0.5) is 4.39 Å². The molecule has 0 radical (unpaired) electrons. The van der Waals surface area contributed by atoms with Crippen LogP contribution in [-0.4, -0.2) is 18.5 Å². The molecule has 0 aliphatic heterocycles. The number of aryl methyl sites for hydroxylation is 1. The first-order chi connectivity index (χ1) is 9.63. The fourth-order valence-electron chi connectivity index (χ4n) is 3.06. The van der Waals surface area contributed by atoms with Crippen molar-refractivity contribution in [3.8, 4) is 0 Å². The van der Waals surface area contributed by atoms with E-state index in [0.717, 1.165) is 31.2 Å². The summed E-state index contributed by atoms with van der Waals surface area (Å²) < 4.78 is 19.1. The third kappa shape index (κ3) is 3.45. The van der Waals surface area contributed by atoms with Crippen LogP contribution < -0.4 is 0 Å². The molecule has 2 nitrogen and oxygen atoms in total. The van der Waals surface area contributed by atoms with Crippen LogP contribution >= 0.6 is 0 Å². The van der Waals surface area contributed by atoms with Gasteiger partial charge < -0.3 is 4.74 Å². The molecule has 1 unspecified atom stereocenters. The number of carbonyl (C=O) groups is 1. The van der Waals surface area contributed by atoms with E-state index < -0.39 is 6.10 Å². The summed E-state index contributed by atoms with van der Waals surface area (Å²) in [5.74, 6) is -0.146. The highest BCUT2D eigenvalue weighted by atomic mass is 19.1. The first-order valence-electron chi connectivity index (χ1n) is 7.55. The summed E-state index contributed by atoms with van der Waals surface area (Å²) in [5.41, 5.74) is 1.28. The second-order valence-electron chi connectivity index (χ2n) is 5.60. The Hall–Kier alpha value is -1.22. The summed E-state index contributed by atoms with van der Waals surface area (Å²) in [5, 5.41) is 0. The van der Waals surface area contributed by atoms with Gasteiger partial charge in [0.1, 0.15) is 11.9 Å². The molecule has 1 fully saturated rings. The maximum Gasteiger partial charge on any atom is 0.192 e. The molecule has 1 aliphatic rings. The van der Waals surface area contributed by atoms with Crippen molar-refractivity contribution in [2.24, 2.45) is 5.92 Å². The van der Waals surface area contributed by atoms with E-state index in [1.165, 1.54) is 18.6 Å². The number of carbonyl (C=O) groups excluding carboxylic acids is 1. The molecule has 0 heterocycles. The molecule has 0 saturated heterocycles. The normalized spacial score (nSPS) is 17.9. The largest absolute Gasteiger partial charge is 0.370 e. The van der Waals surface area contributed by atoms with Gasteiger partial charge in [-0.2, -0.15) is 0 Å². The highest BCUT2D eigenvalue weighted by molar-refractivity contribution is 6.00. The molecule has 2 rings (SSSR count). The van der Waals surface area contributed by atoms with E-state index in [2.05, 4.69) is 0 Å². The molecule has 0 amide bonds. The van der Waals surface area contributed by atoms with Gasteiger partial charge in [0.2, 0.25) is 0 Å². The molecule has 3 heteroatoms. The van der Waals surface area contributed by atoms with Crippen LogP contribution in [0.25, 0.3) is 0 Å². The third-order valence-electron chi connectivity index (χ3n) is 4.15. The SMILES string of the molecule is CCOC(C(=O)c1cc(F)ccc1C)C1CCCCC1. The number of halogens is 1. The third-order valence-corrected chi connectivity index (χ3v) is 4.15. The van der Waals surface area contributed by atoms with Crippen molar-refractivity contribution in [1.29, 1.82) is 0 Å². The first-order valence-corrected chi connectivity index (χ1v) is 7.55. The van der Waals surface area contributed by atoms with E-state index >= 15 is 0 Å². The minimum absolute atomic E-state index is 0.0595. The van der Waals surface area contributed by atoms with Gasteiger partial charge in [-0.3, -0.25) is 4.79 Å². The number of benzene rings is 1. The fraction of sp³-hybridized carbons (Fsp3) is 0.588. The number of hydrogen-bond acceptors (Lipinski definition) is 2.